The van der Waals surface area contributed by atoms with Gasteiger partial charge in [0.25, 0.3) is 0 Å². The van der Waals surface area contributed by atoms with E-state index < -0.39 is 0 Å². The average Bonchev–Trinajstić information content (AvgIpc) is 2.16. The third-order valence-electron chi connectivity index (χ3n) is 1.36. The Morgan fingerprint density at radius 2 is 1.31 bits per heavy atom. The molecular formula is C13H30OS2. The van der Waals surface area contributed by atoms with Gasteiger partial charge in [-0.2, -0.15) is 25.3 Å². The van der Waals surface area contributed by atoms with Crippen LogP contribution >= 0.6 is 25.3 Å². The SMILES string of the molecule is CC(C)CS.CC(C)S.CCC(=O)C(C)C. The molecule has 0 radical (unpaired) electrons. The van der Waals surface area contributed by atoms with Crippen molar-refractivity contribution >= 4 is 31.0 Å². The van der Waals surface area contributed by atoms with Crippen LogP contribution in [0, 0.1) is 11.8 Å². The van der Waals surface area contributed by atoms with Crippen LogP contribution in [0.5, 0.6) is 0 Å². The fraction of sp³-hybridized carbons (Fsp3) is 0.923. The monoisotopic (exact) mass is 266 g/mol. The number of ketones is 1. The third kappa shape index (κ3) is 36.7. The van der Waals surface area contributed by atoms with E-state index in [1.165, 1.54) is 0 Å². The van der Waals surface area contributed by atoms with E-state index in [4.69, 9.17) is 0 Å². The maximum Gasteiger partial charge on any atom is 0.135 e. The van der Waals surface area contributed by atoms with Crippen LogP contribution in [-0.2, 0) is 4.79 Å². The van der Waals surface area contributed by atoms with Crippen molar-refractivity contribution in [2.45, 2.75) is 60.1 Å². The number of Topliss-reactive ketones (excluding diaryl/α,β-unsaturated/α-hetero) is 1. The van der Waals surface area contributed by atoms with Crippen molar-refractivity contribution in [2.24, 2.45) is 11.8 Å². The first-order valence-electron chi connectivity index (χ1n) is 6.00. The summed E-state index contributed by atoms with van der Waals surface area (Å²) in [5.74, 6) is 2.32. The molecule has 0 amide bonds. The first-order valence-corrected chi connectivity index (χ1v) is 7.15. The van der Waals surface area contributed by atoms with Crippen LogP contribution < -0.4 is 0 Å². The van der Waals surface area contributed by atoms with E-state index in [2.05, 4.69) is 39.1 Å². The highest BCUT2D eigenvalue weighted by Crippen LogP contribution is 1.95. The number of carbonyl (C=O) groups excluding carboxylic acids is 1. The standard InChI is InChI=1S/C6H12O.C4H10S.C3H8S/c1-4-6(7)5(2)3;1-4(2)3-5;1-3(2)4/h5H,4H2,1-3H3;4-5H,3H2,1-2H3;3-4H,1-2H3. The topological polar surface area (TPSA) is 17.1 Å². The maximum absolute atomic E-state index is 10.5. The van der Waals surface area contributed by atoms with Crippen LogP contribution in [0.15, 0.2) is 0 Å². The van der Waals surface area contributed by atoms with Crippen LogP contribution in [0.1, 0.15) is 54.9 Å². The maximum atomic E-state index is 10.5. The Hall–Kier alpha value is 0.370. The molecule has 0 aromatic heterocycles. The molecule has 0 aliphatic carbocycles. The predicted molar refractivity (Wildman–Crippen MR) is 82.9 cm³/mol. The highest BCUT2D eigenvalue weighted by molar-refractivity contribution is 7.80. The van der Waals surface area contributed by atoms with Gasteiger partial charge in [0, 0.05) is 12.3 Å². The summed E-state index contributed by atoms with van der Waals surface area (Å²) in [7, 11) is 0. The van der Waals surface area contributed by atoms with Crippen molar-refractivity contribution in [1.29, 1.82) is 0 Å². The van der Waals surface area contributed by atoms with E-state index in [0.29, 0.717) is 17.5 Å². The molecule has 0 spiro atoms. The van der Waals surface area contributed by atoms with Gasteiger partial charge in [-0.05, 0) is 16.9 Å². The lowest BCUT2D eigenvalue weighted by molar-refractivity contribution is -0.121. The van der Waals surface area contributed by atoms with Gasteiger partial charge in [0.2, 0.25) is 0 Å². The van der Waals surface area contributed by atoms with E-state index in [9.17, 15) is 4.79 Å². The molecule has 100 valence electrons. The van der Waals surface area contributed by atoms with Crippen molar-refractivity contribution in [1.82, 2.24) is 0 Å². The third-order valence-corrected chi connectivity index (χ3v) is 2.09. The minimum absolute atomic E-state index is 0.227. The van der Waals surface area contributed by atoms with Crippen molar-refractivity contribution in [3.05, 3.63) is 0 Å². The van der Waals surface area contributed by atoms with Crippen molar-refractivity contribution < 1.29 is 4.79 Å². The minimum Gasteiger partial charge on any atom is -0.299 e. The molecule has 3 heteroatoms. The largest absolute Gasteiger partial charge is 0.299 e. The first kappa shape index (κ1) is 21.6. The van der Waals surface area contributed by atoms with E-state index in [0.717, 1.165) is 11.7 Å². The smallest absolute Gasteiger partial charge is 0.135 e. The average molecular weight is 267 g/mol. The molecule has 1 nitrogen and oxygen atoms in total. The fourth-order valence-corrected chi connectivity index (χ4v) is 0.408. The van der Waals surface area contributed by atoms with Crippen LogP contribution in [-0.4, -0.2) is 16.8 Å². The van der Waals surface area contributed by atoms with Crippen LogP contribution in [0.4, 0.5) is 0 Å². The summed E-state index contributed by atoms with van der Waals surface area (Å²) in [4.78, 5) is 10.5. The summed E-state index contributed by atoms with van der Waals surface area (Å²) in [5.41, 5.74) is 0. The molecular weight excluding hydrogens is 236 g/mol. The summed E-state index contributed by atoms with van der Waals surface area (Å²) in [6, 6.07) is 0. The van der Waals surface area contributed by atoms with E-state index in [1.54, 1.807) is 0 Å². The molecule has 0 aromatic rings. The van der Waals surface area contributed by atoms with Gasteiger partial charge in [-0.15, -0.1) is 0 Å². The predicted octanol–water partition coefficient (Wildman–Crippen LogP) is 4.52. The van der Waals surface area contributed by atoms with Crippen molar-refractivity contribution in [3.63, 3.8) is 0 Å². The first-order chi connectivity index (χ1) is 7.18. The number of rotatable bonds is 3. The molecule has 0 N–H and O–H groups in total. The molecule has 0 heterocycles. The molecule has 0 rings (SSSR count). The summed E-state index contributed by atoms with van der Waals surface area (Å²) >= 11 is 7.98. The minimum atomic E-state index is 0.227. The van der Waals surface area contributed by atoms with Gasteiger partial charge in [-0.3, -0.25) is 4.79 Å². The van der Waals surface area contributed by atoms with Gasteiger partial charge >= 0.3 is 0 Å². The second-order valence-corrected chi connectivity index (χ2v) is 6.04. The summed E-state index contributed by atoms with van der Waals surface area (Å²) < 4.78 is 0. The zero-order valence-corrected chi connectivity index (χ0v) is 13.7. The van der Waals surface area contributed by atoms with E-state index in [-0.39, 0.29) is 5.92 Å². The number of carbonyl (C=O) groups is 1. The second kappa shape index (κ2) is 15.4. The normalized spacial score (nSPS) is 9.50. The molecule has 0 saturated carbocycles. The summed E-state index contributed by atoms with van der Waals surface area (Å²) in [6.45, 7) is 14.1. The molecule has 0 aromatic carbocycles. The molecule has 0 aliphatic heterocycles. The van der Waals surface area contributed by atoms with Gasteiger partial charge in [-0.1, -0.05) is 48.5 Å². The second-order valence-electron chi connectivity index (χ2n) is 4.64. The van der Waals surface area contributed by atoms with E-state index >= 15 is 0 Å². The van der Waals surface area contributed by atoms with Gasteiger partial charge in [-0.25, -0.2) is 0 Å². The lowest BCUT2D eigenvalue weighted by Gasteiger charge is -1.96. The van der Waals surface area contributed by atoms with Crippen molar-refractivity contribution in [3.8, 4) is 0 Å². The van der Waals surface area contributed by atoms with Crippen molar-refractivity contribution in [2.75, 3.05) is 5.75 Å². The molecule has 0 atom stereocenters. The highest BCUT2D eigenvalue weighted by atomic mass is 32.1. The molecule has 16 heavy (non-hydrogen) atoms. The number of hydrogen-bond acceptors (Lipinski definition) is 3. The van der Waals surface area contributed by atoms with Crippen LogP contribution in [0.2, 0.25) is 0 Å². The Balaban J connectivity index is -0.000000166. The number of hydrogen-bond donors (Lipinski definition) is 2. The zero-order chi connectivity index (χ0) is 13.7. The lowest BCUT2D eigenvalue weighted by atomic mass is 10.1. The van der Waals surface area contributed by atoms with Gasteiger partial charge in [0.15, 0.2) is 0 Å². The molecule has 0 fully saturated rings. The highest BCUT2D eigenvalue weighted by Gasteiger charge is 2.00. The van der Waals surface area contributed by atoms with E-state index in [1.807, 2.05) is 34.6 Å². The molecule has 0 aliphatic rings. The Bertz CT molecular complexity index is 140. The van der Waals surface area contributed by atoms with Gasteiger partial charge < -0.3 is 0 Å². The molecule has 0 bridgehead atoms. The van der Waals surface area contributed by atoms with Crippen LogP contribution in [0.3, 0.4) is 0 Å². The Morgan fingerprint density at radius 1 is 1.06 bits per heavy atom. The fourth-order valence-electron chi connectivity index (χ4n) is 0.408. The lowest BCUT2D eigenvalue weighted by Crippen LogP contribution is -2.03. The Morgan fingerprint density at radius 3 is 1.31 bits per heavy atom. The van der Waals surface area contributed by atoms with Crippen LogP contribution in [0.25, 0.3) is 0 Å². The summed E-state index contributed by atoms with van der Waals surface area (Å²) in [5, 5.41) is 0.528. The number of thiol groups is 2. The molecule has 0 unspecified atom stereocenters. The summed E-state index contributed by atoms with van der Waals surface area (Å²) in [6.07, 6.45) is 0.678. The van der Waals surface area contributed by atoms with Gasteiger partial charge in [0.1, 0.15) is 5.78 Å². The van der Waals surface area contributed by atoms with Gasteiger partial charge in [0.05, 0.1) is 0 Å². The molecule has 0 saturated heterocycles. The Labute approximate surface area is 114 Å². The Kier molecular flexibility index (Phi) is 20.8. The zero-order valence-electron chi connectivity index (χ0n) is 11.9. The quantitative estimate of drug-likeness (QED) is 0.718.